The lowest BCUT2D eigenvalue weighted by Gasteiger charge is -2.34. The number of nitrogens with zero attached hydrogens (tertiary/aromatic N) is 3. The van der Waals surface area contributed by atoms with Crippen LogP contribution in [0.2, 0.25) is 0 Å². The van der Waals surface area contributed by atoms with Crippen LogP contribution in [0.5, 0.6) is 5.75 Å². The lowest BCUT2D eigenvalue weighted by Crippen LogP contribution is -2.51. The summed E-state index contributed by atoms with van der Waals surface area (Å²) in [6.45, 7) is 6.20. The normalized spacial score (nSPS) is 17.1. The molecule has 1 fully saturated rings. The van der Waals surface area contributed by atoms with Crippen molar-refractivity contribution >= 4 is 6.03 Å². The number of aromatic nitrogens is 1. The average Bonchev–Trinajstić information content (AvgIpc) is 2.74. The minimum absolute atomic E-state index is 0.0438. The Hall–Kier alpha value is -2.60. The van der Waals surface area contributed by atoms with Crippen molar-refractivity contribution in [2.24, 2.45) is 0 Å². The number of nitrogens with one attached hydrogen (secondary N) is 1. The molecular weight excluding hydrogens is 352 g/mol. The molecule has 6 heteroatoms. The highest BCUT2D eigenvalue weighted by Gasteiger charge is 2.23. The zero-order valence-corrected chi connectivity index (χ0v) is 16.8. The summed E-state index contributed by atoms with van der Waals surface area (Å²) in [7, 11) is 1.66. The number of urea groups is 1. The number of para-hydroxylation sites is 1. The van der Waals surface area contributed by atoms with Crippen LogP contribution in [0.25, 0.3) is 0 Å². The molecule has 1 aliphatic heterocycles. The first-order chi connectivity index (χ1) is 13.7. The molecule has 1 aliphatic rings. The Bertz CT molecular complexity index is 753. The Kier molecular flexibility index (Phi) is 7.25. The molecule has 6 nitrogen and oxygen atoms in total. The summed E-state index contributed by atoms with van der Waals surface area (Å²) in [5.41, 5.74) is 1.99. The highest BCUT2D eigenvalue weighted by atomic mass is 16.5. The van der Waals surface area contributed by atoms with Crippen molar-refractivity contribution in [3.05, 3.63) is 59.9 Å². The predicted molar refractivity (Wildman–Crippen MR) is 110 cm³/mol. The molecule has 1 saturated heterocycles. The van der Waals surface area contributed by atoms with E-state index in [1.54, 1.807) is 13.3 Å². The molecule has 2 aromatic rings. The van der Waals surface area contributed by atoms with Gasteiger partial charge in [0.2, 0.25) is 0 Å². The van der Waals surface area contributed by atoms with E-state index in [1.165, 1.54) is 0 Å². The molecule has 2 heterocycles. The predicted octanol–water partition coefficient (Wildman–Crippen LogP) is 3.29. The first-order valence-electron chi connectivity index (χ1n) is 9.98. The summed E-state index contributed by atoms with van der Waals surface area (Å²) in [6, 6.07) is 11.9. The molecular formula is C22H30N4O2. The monoisotopic (exact) mass is 382 g/mol. The molecule has 0 spiro atoms. The highest BCUT2D eigenvalue weighted by Crippen LogP contribution is 2.21. The lowest BCUT2D eigenvalue weighted by molar-refractivity contribution is 0.166. The van der Waals surface area contributed by atoms with E-state index in [9.17, 15) is 4.79 Å². The van der Waals surface area contributed by atoms with Crippen LogP contribution in [0.4, 0.5) is 4.79 Å². The summed E-state index contributed by atoms with van der Waals surface area (Å²) in [4.78, 5) is 21.6. The highest BCUT2D eigenvalue weighted by molar-refractivity contribution is 5.74. The smallest absolute Gasteiger partial charge is 0.318 e. The lowest BCUT2D eigenvalue weighted by atomic mass is 10.1. The van der Waals surface area contributed by atoms with E-state index in [4.69, 9.17) is 4.74 Å². The maximum atomic E-state index is 13.1. The van der Waals surface area contributed by atoms with E-state index >= 15 is 0 Å². The van der Waals surface area contributed by atoms with Gasteiger partial charge in [0.05, 0.1) is 13.7 Å². The fourth-order valence-electron chi connectivity index (χ4n) is 3.68. The third-order valence-corrected chi connectivity index (χ3v) is 5.22. The maximum absolute atomic E-state index is 13.1. The first kappa shape index (κ1) is 20.1. The zero-order chi connectivity index (χ0) is 19.8. The number of ether oxygens (including phenoxy) is 1. The van der Waals surface area contributed by atoms with Gasteiger partial charge in [-0.25, -0.2) is 4.79 Å². The van der Waals surface area contributed by atoms with Crippen molar-refractivity contribution in [3.63, 3.8) is 0 Å². The van der Waals surface area contributed by atoms with Crippen molar-refractivity contribution < 1.29 is 9.53 Å². The van der Waals surface area contributed by atoms with E-state index in [0.29, 0.717) is 13.1 Å². The van der Waals surface area contributed by atoms with E-state index in [-0.39, 0.29) is 12.1 Å². The maximum Gasteiger partial charge on any atom is 0.318 e. The molecule has 150 valence electrons. The van der Waals surface area contributed by atoms with Crippen molar-refractivity contribution in [1.82, 2.24) is 20.1 Å². The van der Waals surface area contributed by atoms with E-state index < -0.39 is 0 Å². The molecule has 28 heavy (non-hydrogen) atoms. The van der Waals surface area contributed by atoms with Crippen molar-refractivity contribution in [2.75, 3.05) is 26.7 Å². The van der Waals surface area contributed by atoms with Crippen LogP contribution in [-0.2, 0) is 13.1 Å². The molecule has 0 saturated carbocycles. The van der Waals surface area contributed by atoms with Crippen LogP contribution >= 0.6 is 0 Å². The fraction of sp³-hybridized carbons (Fsp3) is 0.455. The summed E-state index contributed by atoms with van der Waals surface area (Å²) in [5, 5.41) is 3.25. The Morgan fingerprint density at radius 3 is 2.89 bits per heavy atom. The van der Waals surface area contributed by atoms with E-state index in [0.717, 1.165) is 49.4 Å². The van der Waals surface area contributed by atoms with Gasteiger partial charge in [-0.15, -0.1) is 0 Å². The van der Waals surface area contributed by atoms with Gasteiger partial charge in [-0.05, 0) is 43.6 Å². The minimum atomic E-state index is -0.0438. The molecule has 1 N–H and O–H groups in total. The van der Waals surface area contributed by atoms with Gasteiger partial charge in [-0.1, -0.05) is 31.2 Å². The first-order valence-corrected chi connectivity index (χ1v) is 9.98. The zero-order valence-electron chi connectivity index (χ0n) is 16.8. The van der Waals surface area contributed by atoms with Gasteiger partial charge in [0, 0.05) is 37.1 Å². The van der Waals surface area contributed by atoms with Crippen LogP contribution in [0.1, 0.15) is 30.9 Å². The quantitative estimate of drug-likeness (QED) is 0.798. The Balaban J connectivity index is 1.74. The van der Waals surface area contributed by atoms with Crippen molar-refractivity contribution in [2.45, 2.75) is 38.9 Å². The molecule has 1 atom stereocenters. The summed E-state index contributed by atoms with van der Waals surface area (Å²) < 4.78 is 5.48. The second kappa shape index (κ2) is 10.1. The molecule has 0 radical (unpaired) electrons. The summed E-state index contributed by atoms with van der Waals surface area (Å²) in [6.07, 6.45) is 5.70. The van der Waals surface area contributed by atoms with Crippen LogP contribution in [0, 0.1) is 0 Å². The second-order valence-corrected chi connectivity index (χ2v) is 7.21. The van der Waals surface area contributed by atoms with E-state index in [1.807, 2.05) is 47.5 Å². The van der Waals surface area contributed by atoms with E-state index in [2.05, 4.69) is 22.1 Å². The number of benzene rings is 1. The Morgan fingerprint density at radius 2 is 2.14 bits per heavy atom. The summed E-state index contributed by atoms with van der Waals surface area (Å²) >= 11 is 0. The number of piperidine rings is 1. The standard InChI is InChI=1S/C22H30N4O2/c1-3-25-13-7-10-20(17-25)24-22(27)26(15-18-8-6-12-23-14-18)16-19-9-4-5-11-21(19)28-2/h4-6,8-9,11-12,14,20H,3,7,10,13,15-17H2,1-2H3,(H,24,27)/t20-/m1/s1. The fourth-order valence-corrected chi connectivity index (χ4v) is 3.68. The molecule has 3 rings (SSSR count). The van der Waals surface area contributed by atoms with Crippen LogP contribution in [0.3, 0.4) is 0 Å². The summed E-state index contributed by atoms with van der Waals surface area (Å²) in [5.74, 6) is 0.793. The number of amides is 2. The van der Waals surface area contributed by atoms with Crippen molar-refractivity contribution in [1.29, 1.82) is 0 Å². The third kappa shape index (κ3) is 5.45. The van der Waals surface area contributed by atoms with Crippen LogP contribution in [-0.4, -0.2) is 53.6 Å². The second-order valence-electron chi connectivity index (χ2n) is 7.21. The molecule has 0 bridgehead atoms. The number of carbonyl (C=O) groups excluding carboxylic acids is 1. The Morgan fingerprint density at radius 1 is 1.29 bits per heavy atom. The number of likely N-dealkylation sites (N-methyl/N-ethyl adjacent to an activating group) is 1. The molecule has 0 unspecified atom stereocenters. The van der Waals surface area contributed by atoms with Crippen LogP contribution in [0.15, 0.2) is 48.8 Å². The number of likely N-dealkylation sites (tertiary alicyclic amines) is 1. The van der Waals surface area contributed by atoms with Gasteiger partial charge < -0.3 is 19.9 Å². The topological polar surface area (TPSA) is 57.7 Å². The SMILES string of the molecule is CCN1CCC[C@@H](NC(=O)N(Cc2cccnc2)Cc2ccccc2OC)C1. The average molecular weight is 383 g/mol. The molecule has 1 aromatic carbocycles. The number of pyridine rings is 1. The number of hydrogen-bond donors (Lipinski definition) is 1. The van der Waals surface area contributed by atoms with Gasteiger partial charge in [0.25, 0.3) is 0 Å². The van der Waals surface area contributed by atoms with Gasteiger partial charge in [0.15, 0.2) is 0 Å². The molecule has 1 aromatic heterocycles. The number of carbonyl (C=O) groups is 1. The third-order valence-electron chi connectivity index (χ3n) is 5.22. The Labute approximate surface area is 167 Å². The largest absolute Gasteiger partial charge is 0.496 e. The van der Waals surface area contributed by atoms with Crippen molar-refractivity contribution in [3.8, 4) is 5.75 Å². The van der Waals surface area contributed by atoms with Gasteiger partial charge >= 0.3 is 6.03 Å². The van der Waals surface area contributed by atoms with Gasteiger partial charge in [-0.3, -0.25) is 4.98 Å². The number of rotatable bonds is 7. The number of methoxy groups -OCH3 is 1. The molecule has 0 aliphatic carbocycles. The van der Waals surface area contributed by atoms with Gasteiger partial charge in [-0.2, -0.15) is 0 Å². The van der Waals surface area contributed by atoms with Gasteiger partial charge in [0.1, 0.15) is 5.75 Å². The minimum Gasteiger partial charge on any atom is -0.496 e. The van der Waals surface area contributed by atoms with Crippen LogP contribution < -0.4 is 10.1 Å². The number of hydrogen-bond acceptors (Lipinski definition) is 4. The molecule has 2 amide bonds.